The molecule has 2 bridgehead atoms. The van der Waals surface area contributed by atoms with Gasteiger partial charge in [-0.05, 0) is 85.9 Å². The van der Waals surface area contributed by atoms with E-state index in [-0.39, 0.29) is 75.3 Å². The Hall–Kier alpha value is -8.38. The molecular formula is C55H69N11O13. The molecule has 0 spiro atoms. The number of fused-ring (bicyclic) bond motifs is 5. The van der Waals surface area contributed by atoms with Crippen LogP contribution in [-0.4, -0.2) is 152 Å². The Balaban J connectivity index is 1.31. The van der Waals surface area contributed by atoms with Gasteiger partial charge in [0.2, 0.25) is 47.3 Å². The number of carbonyl (C=O) groups excluding carboxylic acids is 9. The number of hydrogen-bond acceptors (Lipinski definition) is 13. The summed E-state index contributed by atoms with van der Waals surface area (Å²) >= 11 is 0. The summed E-state index contributed by atoms with van der Waals surface area (Å²) in [6.07, 6.45) is 0.847. The number of nitrogens with two attached hydrogens (primary N) is 1. The average molecular weight is 1090 g/mol. The van der Waals surface area contributed by atoms with Crippen molar-refractivity contribution in [3.8, 4) is 5.75 Å². The summed E-state index contributed by atoms with van der Waals surface area (Å²) in [5, 5.41) is 52.5. The maximum Gasteiger partial charge on any atom is 0.326 e. The molecule has 0 radical (unpaired) electrons. The van der Waals surface area contributed by atoms with Crippen LogP contribution in [-0.2, 0) is 67.2 Å². The van der Waals surface area contributed by atoms with Crippen molar-refractivity contribution in [2.24, 2.45) is 11.7 Å². The number of aliphatic hydroxyl groups excluding tert-OH is 1. The van der Waals surface area contributed by atoms with Crippen LogP contribution in [0.15, 0.2) is 85.1 Å². The summed E-state index contributed by atoms with van der Waals surface area (Å²) in [6.45, 7) is 2.80. The van der Waals surface area contributed by atoms with E-state index in [4.69, 9.17) is 5.73 Å². The van der Waals surface area contributed by atoms with Crippen molar-refractivity contribution in [2.75, 3.05) is 19.7 Å². The summed E-state index contributed by atoms with van der Waals surface area (Å²) in [7, 11) is 0. The maximum absolute atomic E-state index is 15.2. The Bertz CT molecular complexity index is 2900. The number of likely N-dealkylation sites (tertiary alicyclic amines) is 1. The van der Waals surface area contributed by atoms with Crippen LogP contribution in [0.4, 0.5) is 0 Å². The number of hydrogen-bond donors (Lipinski definition) is 12. The fourth-order valence-electron chi connectivity index (χ4n) is 10.1. The summed E-state index contributed by atoms with van der Waals surface area (Å²) in [5.74, 6) is -9.13. The lowest BCUT2D eigenvalue weighted by Crippen LogP contribution is -2.61. The normalized spacial score (nSPS) is 22.8. The predicted octanol–water partition coefficient (Wildman–Crippen LogP) is -0.957. The van der Waals surface area contributed by atoms with Gasteiger partial charge in [-0.2, -0.15) is 0 Å². The van der Waals surface area contributed by atoms with Crippen molar-refractivity contribution in [3.63, 3.8) is 0 Å². The molecule has 0 aliphatic carbocycles. The number of para-hydroxylation sites is 1. The summed E-state index contributed by atoms with van der Waals surface area (Å²) in [5.41, 5.74) is 7.29. The van der Waals surface area contributed by atoms with Crippen LogP contribution in [0.25, 0.3) is 10.9 Å². The molecule has 4 heterocycles. The van der Waals surface area contributed by atoms with Gasteiger partial charge < -0.3 is 73.1 Å². The van der Waals surface area contributed by atoms with Gasteiger partial charge in [0.25, 0.3) is 5.91 Å². The number of carboxylic acid groups (broad SMARTS) is 1. The molecular weight excluding hydrogens is 1020 g/mol. The van der Waals surface area contributed by atoms with Crippen LogP contribution in [0.3, 0.4) is 0 Å². The number of aliphatic carboxylic acids is 1. The van der Waals surface area contributed by atoms with Crippen LogP contribution in [0.2, 0.25) is 0 Å². The number of unbranched alkanes of at least 4 members (excludes halogenated alkanes) is 1. The van der Waals surface area contributed by atoms with E-state index in [0.29, 0.717) is 41.3 Å². The van der Waals surface area contributed by atoms with E-state index in [2.05, 4.69) is 42.5 Å². The second kappa shape index (κ2) is 26.8. The van der Waals surface area contributed by atoms with Gasteiger partial charge in [0.1, 0.15) is 54.1 Å². The number of aromatic hydroxyl groups is 1. The van der Waals surface area contributed by atoms with Crippen LogP contribution in [0.5, 0.6) is 5.75 Å². The highest BCUT2D eigenvalue weighted by atomic mass is 16.4. The van der Waals surface area contributed by atoms with Crippen molar-refractivity contribution in [2.45, 2.75) is 133 Å². The van der Waals surface area contributed by atoms with Crippen molar-refractivity contribution in [3.05, 3.63) is 102 Å². The lowest BCUT2D eigenvalue weighted by atomic mass is 10.0. The summed E-state index contributed by atoms with van der Waals surface area (Å²) in [4.78, 5) is 142. The Morgan fingerprint density at radius 3 is 2.09 bits per heavy atom. The van der Waals surface area contributed by atoms with Crippen molar-refractivity contribution >= 4 is 70.0 Å². The summed E-state index contributed by atoms with van der Waals surface area (Å²) in [6, 6.07) is 10.1. The number of aromatic nitrogens is 1. The van der Waals surface area contributed by atoms with Crippen LogP contribution >= 0.6 is 0 Å². The van der Waals surface area contributed by atoms with Gasteiger partial charge in [-0.1, -0.05) is 74.5 Å². The number of amides is 9. The highest BCUT2D eigenvalue weighted by Crippen LogP contribution is 2.27. The zero-order chi connectivity index (χ0) is 56.9. The van der Waals surface area contributed by atoms with Crippen molar-refractivity contribution in [1.82, 2.24) is 52.0 Å². The monoisotopic (exact) mass is 1090 g/mol. The number of rotatable bonds is 18. The minimum Gasteiger partial charge on any atom is -0.508 e. The average Bonchev–Trinajstić information content (AvgIpc) is 4.22. The fourth-order valence-corrected chi connectivity index (χ4v) is 10.1. The smallest absolute Gasteiger partial charge is 0.326 e. The Morgan fingerprint density at radius 1 is 0.734 bits per heavy atom. The number of nitrogens with zero attached hydrogens (tertiary/aromatic N) is 2. The third-order valence-electron chi connectivity index (χ3n) is 14.4. The first-order chi connectivity index (χ1) is 37.8. The minimum absolute atomic E-state index is 0.0126. The molecule has 2 saturated heterocycles. The molecule has 24 nitrogen and oxygen atoms in total. The highest BCUT2D eigenvalue weighted by Gasteiger charge is 2.42. The van der Waals surface area contributed by atoms with Gasteiger partial charge in [-0.15, -0.1) is 0 Å². The highest BCUT2D eigenvalue weighted by molar-refractivity contribution is 6.00. The topological polar surface area (TPSA) is 362 Å². The predicted molar refractivity (Wildman–Crippen MR) is 285 cm³/mol. The SMILES string of the molecule is CC(C)[C@@H]1NC(=O)[C@@H](NC(=O)[C@H](Cc2ccc(O)cc2)NC(=O)[C@@H]2CCCN2C(=O)[C@@H]2CCC(=O)N2)n2cc(c3ccccc32)C[C@H](C(=O)N[C@@H](CCCCN)C(=O)O)NC(=O)[C@H](CO)NC(=O)[C@H](Cc2ccccc2)NC1=O. The van der Waals surface area contributed by atoms with Gasteiger partial charge in [0, 0.05) is 43.8 Å². The first kappa shape index (κ1) is 58.3. The second-order valence-electron chi connectivity index (χ2n) is 20.4. The molecule has 79 heavy (non-hydrogen) atoms. The quantitative estimate of drug-likeness (QED) is 0.0535. The van der Waals surface area contributed by atoms with E-state index in [9.17, 15) is 53.7 Å². The molecule has 3 aliphatic heterocycles. The molecule has 0 unspecified atom stereocenters. The Morgan fingerprint density at radius 2 is 1.42 bits per heavy atom. The number of nitrogens with one attached hydrogen (secondary N) is 8. The maximum atomic E-state index is 15.2. The van der Waals surface area contributed by atoms with E-state index >= 15 is 9.59 Å². The second-order valence-corrected chi connectivity index (χ2v) is 20.4. The molecule has 13 N–H and O–H groups in total. The molecule has 2 fully saturated rings. The number of benzene rings is 3. The molecule has 3 aliphatic rings. The largest absolute Gasteiger partial charge is 0.508 e. The number of carboxylic acids is 1. The first-order valence-electron chi connectivity index (χ1n) is 26.5. The van der Waals surface area contributed by atoms with Gasteiger partial charge in [0.15, 0.2) is 6.17 Å². The van der Waals surface area contributed by atoms with E-state index in [1.54, 1.807) is 68.4 Å². The third kappa shape index (κ3) is 14.8. The van der Waals surface area contributed by atoms with Crippen LogP contribution in [0, 0.1) is 5.92 Å². The fraction of sp³-hybridized carbons (Fsp3) is 0.455. The molecule has 9 atom stereocenters. The molecule has 3 aromatic carbocycles. The minimum atomic E-state index is -1.77. The first-order valence-corrected chi connectivity index (χ1v) is 26.5. The van der Waals surface area contributed by atoms with Crippen molar-refractivity contribution in [1.29, 1.82) is 0 Å². The molecule has 24 heteroatoms. The summed E-state index contributed by atoms with van der Waals surface area (Å²) < 4.78 is 1.38. The Labute approximate surface area is 455 Å². The van der Waals surface area contributed by atoms with Gasteiger partial charge in [-0.25, -0.2) is 4.79 Å². The van der Waals surface area contributed by atoms with Crippen LogP contribution in [0.1, 0.15) is 81.6 Å². The number of phenols is 1. The Kier molecular flexibility index (Phi) is 19.8. The van der Waals surface area contributed by atoms with E-state index < -0.39 is 120 Å². The molecule has 4 aromatic rings. The lowest BCUT2D eigenvalue weighted by Gasteiger charge is -2.30. The molecule has 7 rings (SSSR count). The zero-order valence-corrected chi connectivity index (χ0v) is 43.9. The lowest BCUT2D eigenvalue weighted by molar-refractivity contribution is -0.142. The van der Waals surface area contributed by atoms with Crippen LogP contribution < -0.4 is 48.3 Å². The molecule has 0 saturated carbocycles. The molecule has 1 aromatic heterocycles. The van der Waals surface area contributed by atoms with Gasteiger partial charge >= 0.3 is 5.97 Å². The number of phenolic OH excluding ortho intramolecular Hbond substituents is 1. The third-order valence-corrected chi connectivity index (χ3v) is 14.4. The van der Waals surface area contributed by atoms with Gasteiger partial charge in [0.05, 0.1) is 12.1 Å². The standard InChI is InChI=1S/C55H69N11O13/c1-30(2)45-52(75)61-38(25-31-11-4-3-5-12-31)47(70)62-41(29-67)50(73)59-40(48(71)58-37(55(78)79)14-8-9-23-56)27-33-28-66(42-15-7-6-13-35(33)42)46(53(76)63-45)64-49(72)39(26-32-17-19-34(68)20-18-32)60-51(74)43-16-10-24-65(43)54(77)36-21-22-44(69)57-36/h3-7,11-13,15,17-20,28,30,36-41,43,45-46,67-68H,8-10,14,16,21-27,29,56H2,1-2H3,(H,57,69)(H,58,71)(H,59,73)(H,60,74)(H,61,75)(H,62,70)(H,63,76)(H,64,72)(H,78,79)/t36-,37-,38-,39-,40+,41-,43-,45-,46-/m0/s1. The number of carbonyl (C=O) groups is 10. The van der Waals surface area contributed by atoms with E-state index in [1.165, 1.54) is 39.9 Å². The molecule has 9 amide bonds. The zero-order valence-electron chi connectivity index (χ0n) is 43.9. The number of aliphatic hydroxyl groups is 1. The molecule has 422 valence electrons. The van der Waals surface area contributed by atoms with E-state index in [1.807, 2.05) is 0 Å². The van der Waals surface area contributed by atoms with Crippen molar-refractivity contribution < 1.29 is 63.3 Å². The van der Waals surface area contributed by atoms with Gasteiger partial charge in [-0.3, -0.25) is 43.2 Å². The van der Waals surface area contributed by atoms with E-state index in [0.717, 1.165) is 0 Å².